The number of piperazine rings is 1. The number of benzene rings is 2. The normalized spacial score (nSPS) is 14.4. The Balaban J connectivity index is 0.000000180. The molecule has 2 fully saturated rings. The lowest BCUT2D eigenvalue weighted by molar-refractivity contribution is 0.0694. The third kappa shape index (κ3) is 6.70. The van der Waals surface area contributed by atoms with E-state index in [9.17, 15) is 19.1 Å². The Kier molecular flexibility index (Phi) is 9.23. The van der Waals surface area contributed by atoms with Gasteiger partial charge in [0.2, 0.25) is 17.1 Å². The average Bonchev–Trinajstić information content (AvgIpc) is 3.88. The number of carboxylic acids is 1. The summed E-state index contributed by atoms with van der Waals surface area (Å²) < 4.78 is 32.4. The minimum Gasteiger partial charge on any atom is -0.493 e. The largest absolute Gasteiger partial charge is 0.493 e. The fourth-order valence-electron chi connectivity index (χ4n) is 5.34. The summed E-state index contributed by atoms with van der Waals surface area (Å²) in [6.45, 7) is 2.96. The van der Waals surface area contributed by atoms with E-state index >= 15 is 0 Å². The molecule has 2 aliphatic rings. The Morgan fingerprint density at radius 1 is 1.07 bits per heavy atom. The highest BCUT2D eigenvalue weighted by molar-refractivity contribution is 5.93. The Morgan fingerprint density at radius 3 is 2.29 bits per heavy atom. The number of carbonyl (C=O) groups is 1. The van der Waals surface area contributed by atoms with Crippen LogP contribution >= 0.6 is 0 Å². The van der Waals surface area contributed by atoms with E-state index in [4.69, 9.17) is 25.7 Å². The first-order valence-electron chi connectivity index (χ1n) is 14.4. The highest BCUT2D eigenvalue weighted by atomic mass is 19.1. The number of aromatic nitrogens is 3. The molecule has 13 nitrogen and oxygen atoms in total. The van der Waals surface area contributed by atoms with Crippen molar-refractivity contribution in [2.24, 2.45) is 0 Å². The Bertz CT molecular complexity index is 1760. The molecule has 3 heterocycles. The quantitative estimate of drug-likeness (QED) is 0.226. The first-order valence-corrected chi connectivity index (χ1v) is 14.4. The van der Waals surface area contributed by atoms with Gasteiger partial charge in [-0.2, -0.15) is 4.98 Å². The van der Waals surface area contributed by atoms with Crippen molar-refractivity contribution in [3.05, 3.63) is 69.4 Å². The van der Waals surface area contributed by atoms with Crippen LogP contribution in [0.2, 0.25) is 0 Å². The third-order valence-electron chi connectivity index (χ3n) is 7.76. The second-order valence-corrected chi connectivity index (χ2v) is 10.7. The number of ether oxygens (including phenoxy) is 3. The minimum absolute atomic E-state index is 0.137. The van der Waals surface area contributed by atoms with Gasteiger partial charge in [-0.25, -0.2) is 14.2 Å². The fraction of sp³-hybridized carbons (Fsp3) is 0.355. The van der Waals surface area contributed by atoms with Crippen LogP contribution in [0.4, 0.5) is 21.8 Å². The summed E-state index contributed by atoms with van der Waals surface area (Å²) in [7, 11) is 4.70. The lowest BCUT2D eigenvalue weighted by Gasteiger charge is -2.30. The van der Waals surface area contributed by atoms with Gasteiger partial charge in [0.05, 0.1) is 32.5 Å². The predicted octanol–water partition coefficient (Wildman–Crippen LogP) is 2.84. The van der Waals surface area contributed by atoms with E-state index in [0.29, 0.717) is 53.8 Å². The van der Waals surface area contributed by atoms with E-state index in [1.165, 1.54) is 12.3 Å². The number of rotatable bonds is 8. The zero-order valence-corrected chi connectivity index (χ0v) is 25.3. The van der Waals surface area contributed by atoms with E-state index < -0.39 is 17.2 Å². The maximum Gasteiger partial charge on any atom is 0.341 e. The number of nitrogens with one attached hydrogen (secondary N) is 1. The topological polar surface area (TPSA) is 180 Å². The lowest BCUT2D eigenvalue weighted by Crippen LogP contribution is -2.43. The van der Waals surface area contributed by atoms with Gasteiger partial charge < -0.3 is 45.6 Å². The highest BCUT2D eigenvalue weighted by Crippen LogP contribution is 2.39. The van der Waals surface area contributed by atoms with Crippen LogP contribution in [-0.2, 0) is 6.42 Å². The Morgan fingerprint density at radius 2 is 1.73 bits per heavy atom. The molecular formula is C31H36FN7O6. The number of methoxy groups -OCH3 is 3. The molecule has 1 saturated carbocycles. The van der Waals surface area contributed by atoms with Crippen LogP contribution in [0, 0.1) is 5.82 Å². The van der Waals surface area contributed by atoms with Crippen molar-refractivity contribution in [2.75, 3.05) is 63.9 Å². The lowest BCUT2D eigenvalue weighted by atomic mass is 10.1. The van der Waals surface area contributed by atoms with Crippen molar-refractivity contribution < 1.29 is 28.5 Å². The zero-order chi connectivity index (χ0) is 32.2. The summed E-state index contributed by atoms with van der Waals surface area (Å²) in [6, 6.07) is 6.79. The molecule has 2 aromatic heterocycles. The van der Waals surface area contributed by atoms with E-state index in [1.807, 2.05) is 21.6 Å². The molecule has 0 unspecified atom stereocenters. The van der Waals surface area contributed by atoms with Crippen LogP contribution in [0.3, 0.4) is 0 Å². The molecule has 1 aliphatic carbocycles. The van der Waals surface area contributed by atoms with Crippen molar-refractivity contribution in [1.29, 1.82) is 0 Å². The van der Waals surface area contributed by atoms with Crippen molar-refractivity contribution in [2.45, 2.75) is 25.3 Å². The molecule has 0 atom stereocenters. The molecule has 1 saturated heterocycles. The Labute approximate surface area is 258 Å². The summed E-state index contributed by atoms with van der Waals surface area (Å²) in [5.41, 5.74) is 13.2. The number of hydrogen-bond donors (Lipinski definition) is 4. The van der Waals surface area contributed by atoms with E-state index in [0.717, 1.165) is 37.1 Å². The van der Waals surface area contributed by atoms with Crippen LogP contribution in [0.5, 0.6) is 17.2 Å². The molecule has 2 aromatic carbocycles. The molecule has 238 valence electrons. The number of anilines is 3. The number of hydrogen-bond acceptors (Lipinski definition) is 11. The molecule has 0 amide bonds. The second-order valence-electron chi connectivity index (χ2n) is 10.7. The molecule has 6 rings (SSSR count). The number of carboxylic acid groups (broad SMARTS) is 1. The third-order valence-corrected chi connectivity index (χ3v) is 7.76. The summed E-state index contributed by atoms with van der Waals surface area (Å²) in [6.07, 6.45) is 5.43. The van der Waals surface area contributed by atoms with Crippen molar-refractivity contribution in [3.8, 4) is 17.2 Å². The maximum absolute atomic E-state index is 14.6. The summed E-state index contributed by atoms with van der Waals surface area (Å²) in [4.78, 5) is 33.6. The summed E-state index contributed by atoms with van der Waals surface area (Å²) in [5, 5.41) is 12.6. The zero-order valence-electron chi connectivity index (χ0n) is 25.3. The number of fused-ring (bicyclic) bond motifs is 1. The average molecular weight is 622 g/mol. The van der Waals surface area contributed by atoms with Crippen LogP contribution in [0.1, 0.15) is 40.4 Å². The van der Waals surface area contributed by atoms with Gasteiger partial charge in [0.15, 0.2) is 11.5 Å². The first kappa shape index (κ1) is 31.3. The summed E-state index contributed by atoms with van der Waals surface area (Å²) >= 11 is 0. The SMILES string of the molecule is COc1cc(Cc2cnc(N)nc2N)cc(OC)c1OC.O=C(O)c1cn(C2CC2)c2cc(N3CCNCC3)c(F)cc2c1=O. The van der Waals surface area contributed by atoms with Gasteiger partial charge in [-0.1, -0.05) is 0 Å². The molecular weight excluding hydrogens is 585 g/mol. The smallest absolute Gasteiger partial charge is 0.341 e. The number of nitrogens with zero attached hydrogens (tertiary/aromatic N) is 4. The molecule has 4 aromatic rings. The number of pyridine rings is 1. The van der Waals surface area contributed by atoms with Crippen molar-refractivity contribution in [1.82, 2.24) is 19.9 Å². The molecule has 14 heteroatoms. The van der Waals surface area contributed by atoms with Crippen LogP contribution in [0.25, 0.3) is 10.9 Å². The van der Waals surface area contributed by atoms with Gasteiger partial charge in [-0.15, -0.1) is 0 Å². The number of nitrogen functional groups attached to an aromatic ring is 2. The molecule has 0 radical (unpaired) electrons. The van der Waals surface area contributed by atoms with Gasteiger partial charge in [-0.05, 0) is 42.7 Å². The molecule has 0 spiro atoms. The Hall–Kier alpha value is -5.11. The van der Waals surface area contributed by atoms with Gasteiger partial charge in [0, 0.05) is 62.0 Å². The van der Waals surface area contributed by atoms with Crippen LogP contribution in [0.15, 0.2) is 41.5 Å². The van der Waals surface area contributed by atoms with Gasteiger partial charge in [0.25, 0.3) is 0 Å². The molecule has 45 heavy (non-hydrogen) atoms. The molecule has 6 N–H and O–H groups in total. The van der Waals surface area contributed by atoms with E-state index in [2.05, 4.69) is 15.3 Å². The number of nitrogens with two attached hydrogens (primary N) is 2. The number of aromatic carboxylic acids is 1. The standard InChI is InChI=1S/C17H18FN3O3.C14H18N4O3/c18-13-7-11-14(8-15(13)20-5-3-19-4-6-20)21(10-1-2-10)9-12(16(11)22)17(23)24;1-19-10-5-8(6-11(20-2)12(10)21-3)4-9-7-17-14(16)18-13(9)15/h7-10,19H,1-6H2,(H,23,24);5-7H,4H2,1-3H3,(H4,15,16,17,18). The van der Waals surface area contributed by atoms with Crippen LogP contribution < -0.4 is 41.3 Å². The summed E-state index contributed by atoms with van der Waals surface area (Å²) in [5.74, 6) is 0.473. The highest BCUT2D eigenvalue weighted by Gasteiger charge is 2.28. The second kappa shape index (κ2) is 13.3. The van der Waals surface area contributed by atoms with E-state index in [1.54, 1.807) is 33.6 Å². The van der Waals surface area contributed by atoms with Gasteiger partial charge in [0.1, 0.15) is 17.2 Å². The van der Waals surface area contributed by atoms with Crippen LogP contribution in [-0.4, -0.2) is 73.1 Å². The minimum atomic E-state index is -1.28. The molecule has 1 aliphatic heterocycles. The van der Waals surface area contributed by atoms with Crippen molar-refractivity contribution >= 4 is 34.3 Å². The molecule has 0 bridgehead atoms. The maximum atomic E-state index is 14.6. The van der Waals surface area contributed by atoms with Gasteiger partial charge >= 0.3 is 5.97 Å². The van der Waals surface area contributed by atoms with Gasteiger partial charge in [-0.3, -0.25) is 4.79 Å². The number of halogens is 1. The predicted molar refractivity (Wildman–Crippen MR) is 168 cm³/mol. The van der Waals surface area contributed by atoms with Crippen molar-refractivity contribution in [3.63, 3.8) is 0 Å². The first-order chi connectivity index (χ1) is 21.6. The van der Waals surface area contributed by atoms with E-state index in [-0.39, 0.29) is 22.9 Å². The fourth-order valence-corrected chi connectivity index (χ4v) is 5.34. The monoisotopic (exact) mass is 621 g/mol.